The third-order valence-electron chi connectivity index (χ3n) is 5.47. The highest BCUT2D eigenvalue weighted by molar-refractivity contribution is 7.89. The van der Waals surface area contributed by atoms with Crippen LogP contribution in [-0.2, 0) is 26.1 Å². The molecule has 0 aliphatic carbocycles. The predicted molar refractivity (Wildman–Crippen MR) is 125 cm³/mol. The van der Waals surface area contributed by atoms with Crippen LogP contribution >= 0.6 is 11.3 Å². The van der Waals surface area contributed by atoms with Crippen molar-refractivity contribution in [3.63, 3.8) is 0 Å². The highest BCUT2D eigenvalue weighted by Crippen LogP contribution is 2.24. The predicted octanol–water partition coefficient (Wildman–Crippen LogP) is 2.78. The molecule has 0 unspecified atom stereocenters. The monoisotopic (exact) mass is 474 g/mol. The molecular formula is C22H26N4O4S2. The fraction of sp³-hybridized carbons (Fsp3) is 0.364. The average Bonchev–Trinajstić information content (AvgIpc) is 3.21. The minimum atomic E-state index is -3.63. The van der Waals surface area contributed by atoms with Gasteiger partial charge in [-0.25, -0.2) is 13.4 Å². The SMILES string of the molecule is C[C@@H](C(=O)Nc1cccc(S(=O)(=O)N2CCOCC2)c1)N(C)Cc1nc2ccccc2s1. The zero-order valence-electron chi connectivity index (χ0n) is 18.0. The summed E-state index contributed by atoms with van der Waals surface area (Å²) in [6.07, 6.45) is 0. The van der Waals surface area contributed by atoms with E-state index < -0.39 is 16.1 Å². The zero-order valence-corrected chi connectivity index (χ0v) is 19.7. The molecule has 8 nitrogen and oxygen atoms in total. The van der Waals surface area contributed by atoms with Gasteiger partial charge in [-0.2, -0.15) is 4.31 Å². The van der Waals surface area contributed by atoms with Crippen LogP contribution in [0.3, 0.4) is 0 Å². The van der Waals surface area contributed by atoms with E-state index in [2.05, 4.69) is 10.3 Å². The first-order valence-corrected chi connectivity index (χ1v) is 12.6. The van der Waals surface area contributed by atoms with E-state index in [0.29, 0.717) is 38.5 Å². The van der Waals surface area contributed by atoms with Crippen molar-refractivity contribution in [1.29, 1.82) is 0 Å². The highest BCUT2D eigenvalue weighted by Gasteiger charge is 2.27. The first-order chi connectivity index (χ1) is 15.3. The molecule has 1 fully saturated rings. The molecule has 32 heavy (non-hydrogen) atoms. The summed E-state index contributed by atoms with van der Waals surface area (Å²) in [5, 5.41) is 3.78. The number of carbonyl (C=O) groups excluding carboxylic acids is 1. The Morgan fingerprint density at radius 2 is 1.97 bits per heavy atom. The van der Waals surface area contributed by atoms with Gasteiger partial charge in [0.1, 0.15) is 5.01 Å². The maximum atomic E-state index is 12.9. The van der Waals surface area contributed by atoms with Gasteiger partial charge in [0, 0.05) is 18.8 Å². The third kappa shape index (κ3) is 5.00. The van der Waals surface area contributed by atoms with Crippen molar-refractivity contribution in [3.05, 3.63) is 53.5 Å². The van der Waals surface area contributed by atoms with Crippen LogP contribution in [-0.4, -0.2) is 67.9 Å². The van der Waals surface area contributed by atoms with Crippen molar-refractivity contribution in [2.24, 2.45) is 0 Å². The number of carbonyl (C=O) groups is 1. The number of aromatic nitrogens is 1. The fourth-order valence-electron chi connectivity index (χ4n) is 3.46. The molecular weight excluding hydrogens is 448 g/mol. The molecule has 0 radical (unpaired) electrons. The molecule has 0 saturated carbocycles. The summed E-state index contributed by atoms with van der Waals surface area (Å²) < 4.78 is 33.5. The Hall–Kier alpha value is -2.37. The molecule has 1 aliphatic rings. The Kier molecular flexibility index (Phi) is 6.87. The molecule has 1 amide bonds. The summed E-state index contributed by atoms with van der Waals surface area (Å²) in [5.74, 6) is -0.213. The minimum Gasteiger partial charge on any atom is -0.379 e. The normalized spacial score (nSPS) is 16.3. The highest BCUT2D eigenvalue weighted by atomic mass is 32.2. The number of nitrogens with one attached hydrogen (secondary N) is 1. The zero-order chi connectivity index (χ0) is 22.7. The number of morpholine rings is 1. The van der Waals surface area contributed by atoms with Crippen molar-refractivity contribution in [1.82, 2.24) is 14.2 Å². The molecule has 2 heterocycles. The van der Waals surface area contributed by atoms with Gasteiger partial charge in [0.15, 0.2) is 0 Å². The first kappa shape index (κ1) is 22.8. The summed E-state index contributed by atoms with van der Waals surface area (Å²) >= 11 is 1.61. The maximum Gasteiger partial charge on any atom is 0.243 e. The molecule has 1 saturated heterocycles. The number of thiazole rings is 1. The Bertz CT molecular complexity index is 1170. The maximum absolute atomic E-state index is 12.9. The largest absolute Gasteiger partial charge is 0.379 e. The van der Waals surface area contributed by atoms with E-state index in [1.54, 1.807) is 29.5 Å². The molecule has 1 aliphatic heterocycles. The van der Waals surface area contributed by atoms with Crippen LogP contribution < -0.4 is 5.32 Å². The van der Waals surface area contributed by atoms with Crippen LogP contribution in [0.25, 0.3) is 10.2 Å². The number of hydrogen-bond acceptors (Lipinski definition) is 7. The van der Waals surface area contributed by atoms with Gasteiger partial charge >= 0.3 is 0 Å². The van der Waals surface area contributed by atoms with Crippen LogP contribution in [0.5, 0.6) is 0 Å². The van der Waals surface area contributed by atoms with Crippen LogP contribution in [0, 0.1) is 0 Å². The van der Waals surface area contributed by atoms with E-state index >= 15 is 0 Å². The van der Waals surface area contributed by atoms with Gasteiger partial charge in [-0.15, -0.1) is 11.3 Å². The van der Waals surface area contributed by atoms with Gasteiger partial charge in [-0.1, -0.05) is 18.2 Å². The molecule has 170 valence electrons. The number of para-hydroxylation sites is 1. The lowest BCUT2D eigenvalue weighted by Crippen LogP contribution is -2.40. The van der Waals surface area contributed by atoms with Gasteiger partial charge in [0.25, 0.3) is 0 Å². The topological polar surface area (TPSA) is 91.8 Å². The van der Waals surface area contributed by atoms with Gasteiger partial charge in [0.05, 0.1) is 40.9 Å². The number of rotatable bonds is 7. The number of anilines is 1. The van der Waals surface area contributed by atoms with E-state index in [9.17, 15) is 13.2 Å². The summed E-state index contributed by atoms with van der Waals surface area (Å²) in [6.45, 7) is 3.78. The van der Waals surface area contributed by atoms with E-state index in [0.717, 1.165) is 15.2 Å². The van der Waals surface area contributed by atoms with Crippen LogP contribution in [0.15, 0.2) is 53.4 Å². The van der Waals surface area contributed by atoms with Crippen molar-refractivity contribution in [2.75, 3.05) is 38.7 Å². The molecule has 1 aromatic heterocycles. The number of amides is 1. The van der Waals surface area contributed by atoms with Crippen molar-refractivity contribution >= 4 is 43.2 Å². The van der Waals surface area contributed by atoms with Crippen molar-refractivity contribution in [2.45, 2.75) is 24.4 Å². The van der Waals surface area contributed by atoms with E-state index in [-0.39, 0.29) is 10.8 Å². The van der Waals surface area contributed by atoms with E-state index in [1.165, 1.54) is 10.4 Å². The van der Waals surface area contributed by atoms with Crippen LogP contribution in [0.1, 0.15) is 11.9 Å². The van der Waals surface area contributed by atoms with Crippen molar-refractivity contribution < 1.29 is 17.9 Å². The number of nitrogens with zero attached hydrogens (tertiary/aromatic N) is 3. The van der Waals surface area contributed by atoms with Crippen LogP contribution in [0.4, 0.5) is 5.69 Å². The average molecular weight is 475 g/mol. The molecule has 1 atom stereocenters. The summed E-state index contributed by atoms with van der Waals surface area (Å²) in [7, 11) is -1.76. The number of hydrogen-bond donors (Lipinski definition) is 1. The third-order valence-corrected chi connectivity index (χ3v) is 8.39. The van der Waals surface area contributed by atoms with Gasteiger partial charge in [-0.05, 0) is 44.3 Å². The second kappa shape index (κ2) is 9.63. The Morgan fingerprint density at radius 3 is 2.72 bits per heavy atom. The van der Waals surface area contributed by atoms with Gasteiger partial charge < -0.3 is 10.1 Å². The number of benzene rings is 2. The lowest BCUT2D eigenvalue weighted by Gasteiger charge is -2.26. The number of sulfonamides is 1. The molecule has 0 spiro atoms. The van der Waals surface area contributed by atoms with Crippen molar-refractivity contribution in [3.8, 4) is 0 Å². The quantitative estimate of drug-likeness (QED) is 0.566. The Balaban J connectivity index is 1.42. The molecule has 3 aromatic rings. The number of fused-ring (bicyclic) bond motifs is 1. The van der Waals surface area contributed by atoms with Gasteiger partial charge in [0.2, 0.25) is 15.9 Å². The number of likely N-dealkylation sites (N-methyl/N-ethyl adjacent to an activating group) is 1. The van der Waals surface area contributed by atoms with E-state index in [4.69, 9.17) is 4.74 Å². The lowest BCUT2D eigenvalue weighted by atomic mass is 10.2. The van der Waals surface area contributed by atoms with Gasteiger partial charge in [-0.3, -0.25) is 9.69 Å². The first-order valence-electron chi connectivity index (χ1n) is 10.4. The van der Waals surface area contributed by atoms with Crippen LogP contribution in [0.2, 0.25) is 0 Å². The fourth-order valence-corrected chi connectivity index (χ4v) is 5.94. The smallest absolute Gasteiger partial charge is 0.243 e. The van der Waals surface area contributed by atoms with E-state index in [1.807, 2.05) is 43.1 Å². The molecule has 0 bridgehead atoms. The molecule has 2 aromatic carbocycles. The summed E-state index contributed by atoms with van der Waals surface area (Å²) in [5.41, 5.74) is 1.40. The minimum absolute atomic E-state index is 0.160. The second-order valence-electron chi connectivity index (χ2n) is 7.70. The molecule has 10 heteroatoms. The summed E-state index contributed by atoms with van der Waals surface area (Å²) in [6, 6.07) is 13.9. The summed E-state index contributed by atoms with van der Waals surface area (Å²) in [4.78, 5) is 19.5. The Labute approximate surface area is 191 Å². The lowest BCUT2D eigenvalue weighted by molar-refractivity contribution is -0.120. The standard InChI is InChI=1S/C22H26N4O4S2/c1-16(25(2)15-21-24-19-8-3-4-9-20(19)31-21)22(27)23-17-6-5-7-18(14-17)32(28,29)26-10-12-30-13-11-26/h3-9,14,16H,10-13,15H2,1-2H3,(H,23,27)/t16-/m0/s1. The molecule has 1 N–H and O–H groups in total. The number of ether oxygens (including phenoxy) is 1. The molecule has 4 rings (SSSR count). The second-order valence-corrected chi connectivity index (χ2v) is 10.8. The Morgan fingerprint density at radius 1 is 1.22 bits per heavy atom.